The van der Waals surface area contributed by atoms with E-state index in [-0.39, 0.29) is 5.76 Å². The Morgan fingerprint density at radius 2 is 2.30 bits per heavy atom. The number of carbonyl (C=O) groups is 1. The van der Waals surface area contributed by atoms with Gasteiger partial charge in [0.15, 0.2) is 0 Å². The second-order valence-corrected chi connectivity index (χ2v) is 5.33. The zero-order valence-corrected chi connectivity index (χ0v) is 11.7. The van der Waals surface area contributed by atoms with Crippen molar-refractivity contribution < 1.29 is 14.3 Å². The molecule has 1 aromatic heterocycles. The van der Waals surface area contributed by atoms with Crippen LogP contribution >= 0.6 is 11.8 Å². The van der Waals surface area contributed by atoms with Crippen LogP contribution in [-0.4, -0.2) is 29.1 Å². The fraction of sp³-hybridized carbons (Fsp3) is 0.267. The molecular weight excluding hydrogens is 274 g/mol. The van der Waals surface area contributed by atoms with Crippen LogP contribution in [0.3, 0.4) is 0 Å². The van der Waals surface area contributed by atoms with Gasteiger partial charge >= 0.3 is 5.97 Å². The van der Waals surface area contributed by atoms with Gasteiger partial charge in [0.1, 0.15) is 5.58 Å². The summed E-state index contributed by atoms with van der Waals surface area (Å²) in [6, 6.07) is 7.21. The molecule has 5 heteroatoms. The molecule has 0 unspecified atom stereocenters. The highest BCUT2D eigenvalue weighted by Gasteiger charge is 2.10. The van der Waals surface area contributed by atoms with Crippen molar-refractivity contribution in [1.82, 2.24) is 5.32 Å². The first kappa shape index (κ1) is 14.5. The van der Waals surface area contributed by atoms with E-state index in [0.29, 0.717) is 5.58 Å². The van der Waals surface area contributed by atoms with E-state index in [9.17, 15) is 4.79 Å². The summed E-state index contributed by atoms with van der Waals surface area (Å²) in [5.74, 6) is 3.21. The number of carboxylic acids is 1. The van der Waals surface area contributed by atoms with E-state index in [0.717, 1.165) is 35.5 Å². The van der Waals surface area contributed by atoms with Crippen molar-refractivity contribution in [3.05, 3.63) is 35.6 Å². The predicted molar refractivity (Wildman–Crippen MR) is 81.0 cm³/mol. The molecule has 0 spiro atoms. The Labute approximate surface area is 121 Å². The lowest BCUT2D eigenvalue weighted by Crippen LogP contribution is -2.16. The number of nitrogens with one attached hydrogen (secondary N) is 1. The first-order valence-electron chi connectivity index (χ1n) is 6.18. The summed E-state index contributed by atoms with van der Waals surface area (Å²) in [4.78, 5) is 10.8. The molecule has 0 amide bonds. The predicted octanol–water partition coefficient (Wildman–Crippen LogP) is 2.59. The summed E-state index contributed by atoms with van der Waals surface area (Å²) in [6.45, 7) is 1.62. The number of benzene rings is 1. The lowest BCUT2D eigenvalue weighted by atomic mass is 10.1. The van der Waals surface area contributed by atoms with E-state index in [1.165, 1.54) is 0 Å². The molecule has 0 bridgehead atoms. The Bertz CT molecular complexity index is 642. The molecule has 20 heavy (non-hydrogen) atoms. The second kappa shape index (κ2) is 7.04. The van der Waals surface area contributed by atoms with E-state index in [2.05, 4.69) is 11.2 Å². The lowest BCUT2D eigenvalue weighted by molar-refractivity contribution is 0.0665. The minimum Gasteiger partial charge on any atom is -0.475 e. The highest BCUT2D eigenvalue weighted by Crippen LogP contribution is 2.20. The summed E-state index contributed by atoms with van der Waals surface area (Å²) in [7, 11) is 0. The smallest absolute Gasteiger partial charge is 0.371 e. The van der Waals surface area contributed by atoms with Crippen molar-refractivity contribution in [3.8, 4) is 12.3 Å². The average Bonchev–Trinajstić information content (AvgIpc) is 2.86. The molecule has 2 aromatic rings. The summed E-state index contributed by atoms with van der Waals surface area (Å²) < 4.78 is 5.21. The van der Waals surface area contributed by atoms with Gasteiger partial charge in [-0.2, -0.15) is 0 Å². The van der Waals surface area contributed by atoms with Gasteiger partial charge in [0.05, 0.1) is 5.75 Å². The Kier molecular flexibility index (Phi) is 5.10. The molecule has 2 rings (SSSR count). The number of aromatic carboxylic acids is 1. The first-order valence-corrected chi connectivity index (χ1v) is 7.34. The lowest BCUT2D eigenvalue weighted by Gasteiger charge is -2.04. The van der Waals surface area contributed by atoms with E-state index in [1.54, 1.807) is 23.9 Å². The Hall–Kier alpha value is -1.90. The molecule has 0 saturated carbocycles. The monoisotopic (exact) mass is 289 g/mol. The standard InChI is InChI=1S/C15H15NO3S/c1-2-6-20-7-5-16-10-11-3-4-13-12(8-11)9-14(19-13)15(17)18/h1,3-4,8-9,16H,5-7,10H2,(H,17,18). The van der Waals surface area contributed by atoms with Crippen molar-refractivity contribution >= 4 is 28.7 Å². The largest absolute Gasteiger partial charge is 0.475 e. The van der Waals surface area contributed by atoms with E-state index < -0.39 is 5.97 Å². The van der Waals surface area contributed by atoms with E-state index >= 15 is 0 Å². The summed E-state index contributed by atoms with van der Waals surface area (Å²) in [6.07, 6.45) is 5.17. The third-order valence-electron chi connectivity index (χ3n) is 2.73. The molecule has 2 N–H and O–H groups in total. The fourth-order valence-corrected chi connectivity index (χ4v) is 2.37. The number of furan rings is 1. The fourth-order valence-electron chi connectivity index (χ4n) is 1.82. The normalized spacial score (nSPS) is 10.6. The van der Waals surface area contributed by atoms with Gasteiger partial charge in [-0.15, -0.1) is 18.2 Å². The number of terminal acetylenes is 1. The number of thioether (sulfide) groups is 1. The van der Waals surface area contributed by atoms with Crippen molar-refractivity contribution in [3.63, 3.8) is 0 Å². The molecule has 1 aromatic carbocycles. The molecule has 0 saturated heterocycles. The minimum atomic E-state index is -1.05. The topological polar surface area (TPSA) is 62.5 Å². The quantitative estimate of drug-likeness (QED) is 0.606. The van der Waals surface area contributed by atoms with Crippen LogP contribution in [0.2, 0.25) is 0 Å². The molecule has 1 heterocycles. The van der Waals surface area contributed by atoms with Crippen molar-refractivity contribution in [1.29, 1.82) is 0 Å². The molecule has 0 aliphatic heterocycles. The van der Waals surface area contributed by atoms with E-state index in [4.69, 9.17) is 15.9 Å². The molecule has 0 aliphatic rings. The van der Waals surface area contributed by atoms with Gasteiger partial charge < -0.3 is 14.8 Å². The third-order valence-corrected chi connectivity index (χ3v) is 3.59. The molecule has 0 aliphatic carbocycles. The Morgan fingerprint density at radius 1 is 1.45 bits per heavy atom. The van der Waals surface area contributed by atoms with Gasteiger partial charge in [0.25, 0.3) is 0 Å². The number of hydrogen-bond acceptors (Lipinski definition) is 4. The highest BCUT2D eigenvalue weighted by molar-refractivity contribution is 7.99. The van der Waals surface area contributed by atoms with Gasteiger partial charge in [-0.3, -0.25) is 0 Å². The number of hydrogen-bond donors (Lipinski definition) is 2. The maximum absolute atomic E-state index is 10.8. The van der Waals surface area contributed by atoms with Gasteiger partial charge in [-0.05, 0) is 23.8 Å². The zero-order chi connectivity index (χ0) is 14.4. The zero-order valence-electron chi connectivity index (χ0n) is 10.9. The maximum atomic E-state index is 10.8. The Morgan fingerprint density at radius 3 is 3.05 bits per heavy atom. The van der Waals surface area contributed by atoms with Crippen molar-refractivity contribution in [2.45, 2.75) is 6.54 Å². The van der Waals surface area contributed by atoms with Crippen LogP contribution < -0.4 is 5.32 Å². The number of carboxylic acid groups (broad SMARTS) is 1. The third kappa shape index (κ3) is 3.80. The molecule has 4 nitrogen and oxygen atoms in total. The average molecular weight is 289 g/mol. The van der Waals surface area contributed by atoms with Crippen LogP contribution in [0, 0.1) is 12.3 Å². The minimum absolute atomic E-state index is 0.0317. The van der Waals surface area contributed by atoms with Crippen LogP contribution in [-0.2, 0) is 6.54 Å². The van der Waals surface area contributed by atoms with E-state index in [1.807, 2.05) is 12.1 Å². The van der Waals surface area contributed by atoms with Crippen LogP contribution in [0.1, 0.15) is 16.1 Å². The SMILES string of the molecule is C#CCSCCNCc1ccc2oc(C(=O)O)cc2c1. The van der Waals surface area contributed by atoms with Gasteiger partial charge in [-0.1, -0.05) is 12.0 Å². The molecule has 0 atom stereocenters. The van der Waals surface area contributed by atoms with Gasteiger partial charge in [0.2, 0.25) is 5.76 Å². The van der Waals surface area contributed by atoms with Crippen LogP contribution in [0.15, 0.2) is 28.7 Å². The first-order chi connectivity index (χ1) is 9.70. The molecule has 104 valence electrons. The van der Waals surface area contributed by atoms with Crippen LogP contribution in [0.4, 0.5) is 0 Å². The number of fused-ring (bicyclic) bond motifs is 1. The van der Waals surface area contributed by atoms with Crippen LogP contribution in [0.25, 0.3) is 11.0 Å². The van der Waals surface area contributed by atoms with Gasteiger partial charge in [0, 0.05) is 24.2 Å². The summed E-state index contributed by atoms with van der Waals surface area (Å²) in [5.41, 5.74) is 1.69. The van der Waals surface area contributed by atoms with Crippen LogP contribution in [0.5, 0.6) is 0 Å². The maximum Gasteiger partial charge on any atom is 0.371 e. The number of rotatable bonds is 7. The van der Waals surface area contributed by atoms with Crippen molar-refractivity contribution in [2.75, 3.05) is 18.1 Å². The summed E-state index contributed by atoms with van der Waals surface area (Å²) in [5, 5.41) is 13.0. The van der Waals surface area contributed by atoms with Gasteiger partial charge in [-0.25, -0.2) is 4.79 Å². The van der Waals surface area contributed by atoms with Crippen molar-refractivity contribution in [2.24, 2.45) is 0 Å². The molecule has 0 radical (unpaired) electrons. The molecule has 0 fully saturated rings. The second-order valence-electron chi connectivity index (χ2n) is 4.22. The summed E-state index contributed by atoms with van der Waals surface area (Å²) >= 11 is 1.72. The molecular formula is C15H15NO3S. The Balaban J connectivity index is 1.91. The highest BCUT2D eigenvalue weighted by atomic mass is 32.2.